The van der Waals surface area contributed by atoms with Gasteiger partial charge in [0.2, 0.25) is 0 Å². The fourth-order valence-electron chi connectivity index (χ4n) is 2.46. The Bertz CT molecular complexity index is 404. The Morgan fingerprint density at radius 2 is 2.00 bits per heavy atom. The molecule has 0 unspecified atom stereocenters. The van der Waals surface area contributed by atoms with Crippen LogP contribution in [0.3, 0.4) is 0 Å². The Kier molecular flexibility index (Phi) is 5.39. The van der Waals surface area contributed by atoms with Gasteiger partial charge in [0.15, 0.2) is 0 Å². The van der Waals surface area contributed by atoms with Gasteiger partial charge in [-0.15, -0.1) is 0 Å². The number of piperidine rings is 1. The summed E-state index contributed by atoms with van der Waals surface area (Å²) in [5.41, 5.74) is 0. The van der Waals surface area contributed by atoms with Crippen molar-refractivity contribution in [2.45, 2.75) is 32.2 Å². The highest BCUT2D eigenvalue weighted by Gasteiger charge is 2.20. The van der Waals surface area contributed by atoms with Crippen LogP contribution in [0.15, 0.2) is 10.8 Å². The van der Waals surface area contributed by atoms with Gasteiger partial charge in [-0.05, 0) is 41.7 Å². The summed E-state index contributed by atoms with van der Waals surface area (Å²) >= 11 is 3.54. The molecular weight excluding hydrogens is 306 g/mol. The van der Waals surface area contributed by atoms with Crippen LogP contribution in [-0.4, -0.2) is 47.6 Å². The number of nitrogens with zero attached hydrogens (tertiary/aromatic N) is 3. The fourth-order valence-corrected chi connectivity index (χ4v) is 2.97. The fraction of sp³-hybridized carbons (Fsp3) is 0.692. The third-order valence-corrected chi connectivity index (χ3v) is 4.25. The average Bonchev–Trinajstić information content (AvgIpc) is 2.43. The van der Waals surface area contributed by atoms with Crippen molar-refractivity contribution in [3.63, 3.8) is 0 Å². The molecule has 1 fully saturated rings. The minimum absolute atomic E-state index is 0.504. The first-order chi connectivity index (χ1) is 9.24. The third kappa shape index (κ3) is 3.79. The summed E-state index contributed by atoms with van der Waals surface area (Å²) in [7, 11) is 1.86. The molecule has 1 aromatic heterocycles. The minimum Gasteiger partial charge on any atom is -0.372 e. The first kappa shape index (κ1) is 14.5. The lowest BCUT2D eigenvalue weighted by atomic mass is 10.0. The zero-order valence-electron chi connectivity index (χ0n) is 11.6. The maximum atomic E-state index is 4.31. The zero-order valence-corrected chi connectivity index (χ0v) is 13.2. The number of anilines is 2. The zero-order chi connectivity index (χ0) is 13.7. The van der Waals surface area contributed by atoms with Crippen LogP contribution in [-0.2, 0) is 0 Å². The Labute approximate surface area is 123 Å². The van der Waals surface area contributed by atoms with Gasteiger partial charge in [-0.25, -0.2) is 9.97 Å². The van der Waals surface area contributed by atoms with Gasteiger partial charge in [-0.3, -0.25) is 0 Å². The van der Waals surface area contributed by atoms with Crippen LogP contribution in [0, 0.1) is 0 Å². The average molecular weight is 328 g/mol. The summed E-state index contributed by atoms with van der Waals surface area (Å²) in [4.78, 5) is 11.0. The van der Waals surface area contributed by atoms with E-state index in [1.165, 1.54) is 38.9 Å². The van der Waals surface area contributed by atoms with E-state index in [0.717, 1.165) is 16.1 Å². The molecule has 6 heteroatoms. The van der Waals surface area contributed by atoms with Crippen LogP contribution in [0.5, 0.6) is 0 Å². The van der Waals surface area contributed by atoms with Crippen LogP contribution in [0.4, 0.5) is 11.6 Å². The number of hydrogen-bond donors (Lipinski definition) is 2. The number of likely N-dealkylation sites (tertiary alicyclic amines) is 1. The van der Waals surface area contributed by atoms with E-state index in [2.05, 4.69) is 48.4 Å². The van der Waals surface area contributed by atoms with Gasteiger partial charge < -0.3 is 15.5 Å². The number of aromatic nitrogens is 2. The number of nitrogens with one attached hydrogen (secondary N) is 2. The second kappa shape index (κ2) is 7.05. The smallest absolute Gasteiger partial charge is 0.146 e. The van der Waals surface area contributed by atoms with Crippen molar-refractivity contribution in [2.75, 3.05) is 37.3 Å². The number of hydrogen-bond acceptors (Lipinski definition) is 5. The van der Waals surface area contributed by atoms with E-state index >= 15 is 0 Å². The molecule has 1 aromatic rings. The van der Waals surface area contributed by atoms with Crippen molar-refractivity contribution in [3.8, 4) is 0 Å². The second-order valence-electron chi connectivity index (χ2n) is 4.90. The van der Waals surface area contributed by atoms with E-state index in [0.29, 0.717) is 6.04 Å². The predicted molar refractivity (Wildman–Crippen MR) is 82.7 cm³/mol. The number of rotatable bonds is 5. The minimum atomic E-state index is 0.504. The molecule has 1 saturated heterocycles. The Balaban J connectivity index is 1.92. The largest absolute Gasteiger partial charge is 0.372 e. The van der Waals surface area contributed by atoms with Crippen molar-refractivity contribution < 1.29 is 0 Å². The van der Waals surface area contributed by atoms with Gasteiger partial charge in [0.05, 0.1) is 0 Å². The molecule has 106 valence electrons. The maximum absolute atomic E-state index is 4.31. The molecule has 0 bridgehead atoms. The molecule has 0 saturated carbocycles. The molecule has 0 atom stereocenters. The maximum Gasteiger partial charge on any atom is 0.146 e. The molecule has 1 aliphatic heterocycles. The van der Waals surface area contributed by atoms with E-state index < -0.39 is 0 Å². The van der Waals surface area contributed by atoms with Crippen LogP contribution in [0.2, 0.25) is 0 Å². The molecule has 5 nitrogen and oxygen atoms in total. The normalized spacial score (nSPS) is 17.4. The Morgan fingerprint density at radius 3 is 2.63 bits per heavy atom. The van der Waals surface area contributed by atoms with Crippen molar-refractivity contribution in [3.05, 3.63) is 10.8 Å². The summed E-state index contributed by atoms with van der Waals surface area (Å²) in [5, 5.41) is 6.57. The predicted octanol–water partition coefficient (Wildman–Crippen LogP) is 2.57. The summed E-state index contributed by atoms with van der Waals surface area (Å²) in [6, 6.07) is 0.504. The molecule has 0 aliphatic carbocycles. The van der Waals surface area contributed by atoms with Crippen molar-refractivity contribution in [1.29, 1.82) is 0 Å². The molecule has 0 spiro atoms. The monoisotopic (exact) mass is 327 g/mol. The van der Waals surface area contributed by atoms with Gasteiger partial charge in [-0.1, -0.05) is 6.92 Å². The SMILES string of the molecule is CCCN1CCC(Nc2ncnc(NC)c2Br)CC1. The Morgan fingerprint density at radius 1 is 1.32 bits per heavy atom. The quantitative estimate of drug-likeness (QED) is 0.870. The van der Waals surface area contributed by atoms with Crippen molar-refractivity contribution in [2.24, 2.45) is 0 Å². The summed E-state index contributed by atoms with van der Waals surface area (Å²) in [5.74, 6) is 1.70. The van der Waals surface area contributed by atoms with Gasteiger partial charge in [0.1, 0.15) is 22.4 Å². The van der Waals surface area contributed by atoms with Crippen LogP contribution >= 0.6 is 15.9 Å². The molecule has 19 heavy (non-hydrogen) atoms. The van der Waals surface area contributed by atoms with Gasteiger partial charge in [0, 0.05) is 26.2 Å². The molecule has 0 radical (unpaired) electrons. The molecule has 2 rings (SSSR count). The summed E-state index contributed by atoms with van der Waals surface area (Å²) < 4.78 is 0.911. The van der Waals surface area contributed by atoms with Crippen LogP contribution in [0.1, 0.15) is 26.2 Å². The standard InChI is InChI=1S/C13H22BrN5/c1-3-6-19-7-4-10(5-8-19)18-13-11(14)12(15-2)16-9-17-13/h9-10H,3-8H2,1-2H3,(H2,15,16,17,18). The lowest BCUT2D eigenvalue weighted by molar-refractivity contribution is 0.219. The highest BCUT2D eigenvalue weighted by atomic mass is 79.9. The highest BCUT2D eigenvalue weighted by molar-refractivity contribution is 9.10. The summed E-state index contributed by atoms with van der Waals surface area (Å²) in [6.07, 6.45) is 5.17. The topological polar surface area (TPSA) is 53.1 Å². The first-order valence-corrected chi connectivity index (χ1v) is 7.71. The van der Waals surface area contributed by atoms with E-state index in [-0.39, 0.29) is 0 Å². The van der Waals surface area contributed by atoms with Crippen molar-refractivity contribution >= 4 is 27.6 Å². The third-order valence-electron chi connectivity index (χ3n) is 3.49. The Hall–Kier alpha value is -0.880. The molecule has 1 aliphatic rings. The van der Waals surface area contributed by atoms with Gasteiger partial charge in [0.25, 0.3) is 0 Å². The first-order valence-electron chi connectivity index (χ1n) is 6.91. The van der Waals surface area contributed by atoms with Gasteiger partial charge >= 0.3 is 0 Å². The van der Waals surface area contributed by atoms with E-state index in [4.69, 9.17) is 0 Å². The van der Waals surface area contributed by atoms with E-state index in [1.807, 2.05) is 7.05 Å². The summed E-state index contributed by atoms with van der Waals surface area (Å²) in [6.45, 7) is 5.80. The van der Waals surface area contributed by atoms with Gasteiger partial charge in [-0.2, -0.15) is 0 Å². The molecule has 0 aromatic carbocycles. The van der Waals surface area contributed by atoms with E-state index in [9.17, 15) is 0 Å². The lowest BCUT2D eigenvalue weighted by Gasteiger charge is -2.32. The molecule has 2 heterocycles. The van der Waals surface area contributed by atoms with Crippen molar-refractivity contribution in [1.82, 2.24) is 14.9 Å². The molecule has 0 amide bonds. The van der Waals surface area contributed by atoms with Crippen LogP contribution in [0.25, 0.3) is 0 Å². The number of halogens is 1. The van der Waals surface area contributed by atoms with Crippen LogP contribution < -0.4 is 10.6 Å². The highest BCUT2D eigenvalue weighted by Crippen LogP contribution is 2.27. The van der Waals surface area contributed by atoms with E-state index in [1.54, 1.807) is 6.33 Å². The molecular formula is C13H22BrN5. The lowest BCUT2D eigenvalue weighted by Crippen LogP contribution is -2.39. The molecule has 2 N–H and O–H groups in total. The second-order valence-corrected chi connectivity index (χ2v) is 5.69.